The van der Waals surface area contributed by atoms with E-state index < -0.39 is 23.8 Å². The van der Waals surface area contributed by atoms with Crippen LogP contribution in [-0.4, -0.2) is 28.0 Å². The monoisotopic (exact) mass is 441 g/mol. The average Bonchev–Trinajstić information content (AvgIpc) is 3.35. The molecular weight excluding hydrogens is 415 g/mol. The Labute approximate surface area is 185 Å². The number of benzene rings is 1. The van der Waals surface area contributed by atoms with Crippen molar-refractivity contribution in [2.75, 3.05) is 23.3 Å². The summed E-state index contributed by atoms with van der Waals surface area (Å²) in [5, 5.41) is 4.01. The number of nitrogens with zero attached hydrogens (tertiary/aromatic N) is 4. The second-order valence-electron chi connectivity index (χ2n) is 8.95. The predicted molar refractivity (Wildman–Crippen MR) is 119 cm³/mol. The van der Waals surface area contributed by atoms with E-state index in [1.807, 2.05) is 6.07 Å². The van der Waals surface area contributed by atoms with Crippen LogP contribution in [0.15, 0.2) is 30.5 Å². The van der Waals surface area contributed by atoms with Crippen LogP contribution < -0.4 is 10.2 Å². The van der Waals surface area contributed by atoms with Crippen LogP contribution in [0.1, 0.15) is 55.6 Å². The number of hydrogen-bond donors (Lipinski definition) is 1. The van der Waals surface area contributed by atoms with Crippen LogP contribution in [0.4, 0.5) is 24.8 Å². The Morgan fingerprint density at radius 1 is 1.09 bits per heavy atom. The van der Waals surface area contributed by atoms with Crippen LogP contribution >= 0.6 is 0 Å². The minimum atomic E-state index is -2.86. The Morgan fingerprint density at radius 3 is 2.53 bits per heavy atom. The zero-order valence-electron chi connectivity index (χ0n) is 18.2. The Bertz CT molecular complexity index is 1140. The summed E-state index contributed by atoms with van der Waals surface area (Å²) < 4.78 is 41.0. The van der Waals surface area contributed by atoms with Crippen LogP contribution in [-0.2, 0) is 0 Å². The lowest BCUT2D eigenvalue weighted by Crippen LogP contribution is -2.21. The molecule has 0 bridgehead atoms. The van der Waals surface area contributed by atoms with Crippen molar-refractivity contribution in [2.24, 2.45) is 11.8 Å². The minimum Gasteiger partial charge on any atom is -0.363 e. The first-order valence-corrected chi connectivity index (χ1v) is 11.1. The molecule has 8 heteroatoms. The summed E-state index contributed by atoms with van der Waals surface area (Å²) in [5.74, 6) is 2.59. The standard InChI is InChI=1S/C24H26F3N5/c1-13(17-7-4-8-18(22(17)25)23(26)27)29-24-19-9-21(28-10-20(19)30-14(2)31-24)32-11-15-5-3-6-16(15)12-32/h4,7-10,13,15-16,23H,3,5-6,11-12H2,1-2H3,(H,29,30,31)/t13-,15?,16?/m1/s1. The lowest BCUT2D eigenvalue weighted by molar-refractivity contribution is 0.146. The van der Waals surface area contributed by atoms with E-state index in [4.69, 9.17) is 0 Å². The molecule has 2 unspecified atom stereocenters. The maximum absolute atomic E-state index is 14.7. The van der Waals surface area contributed by atoms with Crippen LogP contribution in [0.3, 0.4) is 0 Å². The molecule has 1 aliphatic carbocycles. The highest BCUT2D eigenvalue weighted by atomic mass is 19.3. The smallest absolute Gasteiger partial charge is 0.266 e. The van der Waals surface area contributed by atoms with Crippen LogP contribution in [0, 0.1) is 24.6 Å². The van der Waals surface area contributed by atoms with E-state index in [-0.39, 0.29) is 5.56 Å². The summed E-state index contributed by atoms with van der Waals surface area (Å²) in [7, 11) is 0. The van der Waals surface area contributed by atoms with Crippen molar-refractivity contribution < 1.29 is 13.2 Å². The molecule has 1 saturated carbocycles. The Morgan fingerprint density at radius 2 is 1.81 bits per heavy atom. The fourth-order valence-corrected chi connectivity index (χ4v) is 5.20. The van der Waals surface area contributed by atoms with Crippen LogP contribution in [0.2, 0.25) is 0 Å². The Kier molecular flexibility index (Phi) is 5.39. The van der Waals surface area contributed by atoms with E-state index in [9.17, 15) is 13.2 Å². The van der Waals surface area contributed by atoms with Gasteiger partial charge in [0.05, 0.1) is 23.3 Å². The maximum Gasteiger partial charge on any atom is 0.266 e. The van der Waals surface area contributed by atoms with Crippen molar-refractivity contribution in [3.63, 3.8) is 0 Å². The van der Waals surface area contributed by atoms with Gasteiger partial charge in [-0.1, -0.05) is 24.6 Å². The van der Waals surface area contributed by atoms with Gasteiger partial charge in [0.1, 0.15) is 23.3 Å². The highest BCUT2D eigenvalue weighted by Gasteiger charge is 2.36. The van der Waals surface area contributed by atoms with Gasteiger partial charge < -0.3 is 10.2 Å². The molecule has 2 aromatic heterocycles. The second kappa shape index (κ2) is 8.22. The summed E-state index contributed by atoms with van der Waals surface area (Å²) in [5.41, 5.74) is 0.275. The largest absolute Gasteiger partial charge is 0.363 e. The van der Waals surface area contributed by atoms with Gasteiger partial charge in [-0.25, -0.2) is 28.1 Å². The van der Waals surface area contributed by atoms with Crippen molar-refractivity contribution in [3.8, 4) is 0 Å². The molecule has 168 valence electrons. The van der Waals surface area contributed by atoms with Crippen LogP contribution in [0.25, 0.3) is 10.9 Å². The van der Waals surface area contributed by atoms with Gasteiger partial charge in [-0.3, -0.25) is 0 Å². The predicted octanol–water partition coefficient (Wildman–Crippen LogP) is 5.82. The highest BCUT2D eigenvalue weighted by molar-refractivity contribution is 5.90. The third-order valence-corrected chi connectivity index (χ3v) is 6.84. The first-order valence-electron chi connectivity index (χ1n) is 11.1. The van der Waals surface area contributed by atoms with Gasteiger partial charge >= 0.3 is 0 Å². The molecule has 3 heterocycles. The molecule has 1 aliphatic heterocycles. The maximum atomic E-state index is 14.7. The molecule has 32 heavy (non-hydrogen) atoms. The van der Waals surface area contributed by atoms with Gasteiger partial charge in [0.25, 0.3) is 6.43 Å². The quantitative estimate of drug-likeness (QED) is 0.541. The van der Waals surface area contributed by atoms with Crippen LogP contribution in [0.5, 0.6) is 0 Å². The molecule has 2 fully saturated rings. The van der Waals surface area contributed by atoms with E-state index in [1.165, 1.54) is 31.4 Å². The molecule has 1 N–H and O–H groups in total. The van der Waals surface area contributed by atoms with Crippen molar-refractivity contribution in [2.45, 2.75) is 45.6 Å². The fraction of sp³-hybridized carbons (Fsp3) is 0.458. The molecular formula is C24H26F3N5. The summed E-state index contributed by atoms with van der Waals surface area (Å²) in [6.45, 7) is 5.55. The summed E-state index contributed by atoms with van der Waals surface area (Å²) >= 11 is 0. The molecule has 1 aromatic carbocycles. The number of alkyl halides is 2. The van der Waals surface area contributed by atoms with Gasteiger partial charge in [-0.2, -0.15) is 0 Å². The molecule has 2 aliphatic rings. The third-order valence-electron chi connectivity index (χ3n) is 6.84. The molecule has 5 nitrogen and oxygen atoms in total. The second-order valence-corrected chi connectivity index (χ2v) is 8.95. The lowest BCUT2D eigenvalue weighted by Gasteiger charge is -2.21. The molecule has 0 amide bonds. The van der Waals surface area contributed by atoms with E-state index in [0.29, 0.717) is 17.2 Å². The number of aryl methyl sites for hydroxylation is 1. The molecule has 3 aromatic rings. The number of hydrogen-bond acceptors (Lipinski definition) is 5. The van der Waals surface area contributed by atoms with E-state index in [2.05, 4.69) is 25.2 Å². The zero-order chi connectivity index (χ0) is 22.4. The zero-order valence-corrected chi connectivity index (χ0v) is 18.2. The lowest BCUT2D eigenvalue weighted by atomic mass is 10.0. The van der Waals surface area contributed by atoms with E-state index in [0.717, 1.165) is 42.2 Å². The number of nitrogens with one attached hydrogen (secondary N) is 1. The third kappa shape index (κ3) is 3.76. The van der Waals surface area contributed by atoms with Gasteiger partial charge in [0, 0.05) is 24.0 Å². The fourth-order valence-electron chi connectivity index (χ4n) is 5.20. The SMILES string of the molecule is Cc1nc(N[C@H](C)c2cccc(C(F)F)c2F)c2cc(N3CC4CCCC4C3)ncc2n1. The first kappa shape index (κ1) is 21.0. The Balaban J connectivity index is 1.47. The first-order chi connectivity index (χ1) is 15.4. The molecule has 0 radical (unpaired) electrons. The van der Waals surface area contributed by atoms with Gasteiger partial charge in [0.15, 0.2) is 0 Å². The van der Waals surface area contributed by atoms with Gasteiger partial charge in [-0.15, -0.1) is 0 Å². The number of rotatable bonds is 5. The van der Waals surface area contributed by atoms with Gasteiger partial charge in [-0.05, 0) is 44.6 Å². The summed E-state index contributed by atoms with van der Waals surface area (Å²) in [6.07, 6.45) is 2.77. The van der Waals surface area contributed by atoms with Crippen molar-refractivity contribution in [1.29, 1.82) is 0 Å². The van der Waals surface area contributed by atoms with E-state index >= 15 is 0 Å². The average molecular weight is 442 g/mol. The van der Waals surface area contributed by atoms with Crippen molar-refractivity contribution in [1.82, 2.24) is 15.0 Å². The molecule has 0 spiro atoms. The van der Waals surface area contributed by atoms with Gasteiger partial charge in [0.2, 0.25) is 0 Å². The number of anilines is 2. The highest BCUT2D eigenvalue weighted by Crippen LogP contribution is 2.40. The molecule has 1 saturated heterocycles. The van der Waals surface area contributed by atoms with Crippen molar-refractivity contribution >= 4 is 22.5 Å². The minimum absolute atomic E-state index is 0.175. The number of aromatic nitrogens is 3. The van der Waals surface area contributed by atoms with E-state index in [1.54, 1.807) is 20.0 Å². The van der Waals surface area contributed by atoms with Crippen molar-refractivity contribution in [3.05, 3.63) is 53.2 Å². The topological polar surface area (TPSA) is 53.9 Å². The molecule has 5 rings (SSSR count). The number of halogens is 3. The summed E-state index contributed by atoms with van der Waals surface area (Å²) in [4.78, 5) is 16.0. The molecule has 3 atom stereocenters. The number of fused-ring (bicyclic) bond motifs is 2. The normalized spacial score (nSPS) is 21.4. The summed E-state index contributed by atoms with van der Waals surface area (Å²) in [6, 6.07) is 5.51. The Hall–Kier alpha value is -2.90. The number of pyridine rings is 1.